The molecule has 1 aromatic heterocycles. The third-order valence-electron chi connectivity index (χ3n) is 2.19. The molecule has 1 aromatic carbocycles. The minimum Gasteiger partial charge on any atom is -0.323 e. The summed E-state index contributed by atoms with van der Waals surface area (Å²) < 4.78 is 38.3. The monoisotopic (exact) mass is 227 g/mol. The molecule has 16 heavy (non-hydrogen) atoms. The second kappa shape index (κ2) is 3.97. The van der Waals surface area contributed by atoms with Crippen LogP contribution in [0.3, 0.4) is 0 Å². The van der Waals surface area contributed by atoms with Crippen molar-refractivity contribution in [3.63, 3.8) is 0 Å². The third-order valence-corrected chi connectivity index (χ3v) is 2.19. The fraction of sp³-hybridized carbons (Fsp3) is 0.100. The number of anilines is 1. The maximum atomic E-state index is 13.4. The second-order valence-electron chi connectivity index (χ2n) is 3.18. The highest BCUT2D eigenvalue weighted by Crippen LogP contribution is 2.28. The number of pyridine rings is 1. The van der Waals surface area contributed by atoms with Crippen molar-refractivity contribution in [1.82, 2.24) is 4.98 Å². The van der Waals surface area contributed by atoms with Gasteiger partial charge in [0.15, 0.2) is 0 Å². The summed E-state index contributed by atoms with van der Waals surface area (Å²) >= 11 is 0. The molecule has 0 amide bonds. The average Bonchev–Trinajstić information content (AvgIpc) is 2.28. The number of rotatable bonds is 2. The highest BCUT2D eigenvalue weighted by Gasteiger charge is 2.14. The van der Waals surface area contributed by atoms with Crippen LogP contribution < -0.4 is 11.3 Å². The highest BCUT2D eigenvalue weighted by molar-refractivity contribution is 5.91. The Hall–Kier alpha value is -1.82. The Morgan fingerprint density at radius 3 is 2.69 bits per heavy atom. The lowest BCUT2D eigenvalue weighted by Crippen LogP contribution is -2.09. The molecular formula is C10H8F3N3. The summed E-state index contributed by atoms with van der Waals surface area (Å²) in [5.41, 5.74) is 1.85. The van der Waals surface area contributed by atoms with Crippen LogP contribution in [0.1, 0.15) is 12.1 Å². The lowest BCUT2D eigenvalue weighted by Gasteiger charge is -2.08. The van der Waals surface area contributed by atoms with Crippen LogP contribution in [0.25, 0.3) is 10.9 Å². The van der Waals surface area contributed by atoms with E-state index in [1.807, 2.05) is 0 Å². The maximum absolute atomic E-state index is 13.4. The first-order valence-corrected chi connectivity index (χ1v) is 4.47. The van der Waals surface area contributed by atoms with Gasteiger partial charge >= 0.3 is 0 Å². The molecular weight excluding hydrogens is 219 g/mol. The smallest absolute Gasteiger partial charge is 0.280 e. The summed E-state index contributed by atoms with van der Waals surface area (Å²) in [4.78, 5) is 3.56. The van der Waals surface area contributed by atoms with E-state index in [1.54, 1.807) is 6.07 Å². The molecule has 1 heterocycles. The topological polar surface area (TPSA) is 50.9 Å². The Kier molecular flexibility index (Phi) is 2.66. The summed E-state index contributed by atoms with van der Waals surface area (Å²) in [5.74, 6) is 4.53. The van der Waals surface area contributed by atoms with Crippen molar-refractivity contribution in [1.29, 1.82) is 0 Å². The minimum atomic E-state index is -2.77. The van der Waals surface area contributed by atoms with Gasteiger partial charge in [0, 0.05) is 5.39 Å². The summed E-state index contributed by atoms with van der Waals surface area (Å²) in [6.45, 7) is 0. The standard InChI is InChI=1S/C10H8F3N3/c11-6-3-1-2-5-7(16-14)4-8(10(12)13)15-9(5)6/h1-4,10H,14H2,(H,15,16). The Morgan fingerprint density at radius 2 is 2.06 bits per heavy atom. The third kappa shape index (κ3) is 1.67. The Labute approximate surface area is 89.1 Å². The van der Waals surface area contributed by atoms with Crippen LogP contribution in [0, 0.1) is 5.82 Å². The van der Waals surface area contributed by atoms with E-state index in [2.05, 4.69) is 10.4 Å². The first-order valence-electron chi connectivity index (χ1n) is 4.47. The highest BCUT2D eigenvalue weighted by atomic mass is 19.3. The van der Waals surface area contributed by atoms with E-state index in [0.29, 0.717) is 5.39 Å². The quantitative estimate of drug-likeness (QED) is 0.612. The molecule has 6 heteroatoms. The van der Waals surface area contributed by atoms with Gasteiger partial charge in [0.2, 0.25) is 0 Å². The van der Waals surface area contributed by atoms with Gasteiger partial charge in [-0.05, 0) is 12.1 Å². The summed E-state index contributed by atoms with van der Waals surface area (Å²) in [6.07, 6.45) is -2.77. The lowest BCUT2D eigenvalue weighted by atomic mass is 10.1. The molecule has 0 aliphatic carbocycles. The van der Waals surface area contributed by atoms with Crippen LogP contribution in [-0.2, 0) is 0 Å². The number of nitrogens with one attached hydrogen (secondary N) is 1. The van der Waals surface area contributed by atoms with Crippen molar-refractivity contribution in [2.75, 3.05) is 5.43 Å². The number of hydrazine groups is 1. The first kappa shape index (κ1) is 10.7. The SMILES string of the molecule is NNc1cc(C(F)F)nc2c(F)cccc12. The number of fused-ring (bicyclic) bond motifs is 1. The molecule has 0 saturated heterocycles. The zero-order chi connectivity index (χ0) is 11.7. The molecule has 0 radical (unpaired) electrons. The van der Waals surface area contributed by atoms with Crippen molar-refractivity contribution in [3.8, 4) is 0 Å². The molecule has 2 aromatic rings. The van der Waals surface area contributed by atoms with E-state index in [0.717, 1.165) is 12.1 Å². The van der Waals surface area contributed by atoms with Gasteiger partial charge in [-0.2, -0.15) is 0 Å². The molecule has 0 saturated carbocycles. The Morgan fingerprint density at radius 1 is 1.31 bits per heavy atom. The van der Waals surface area contributed by atoms with E-state index < -0.39 is 17.9 Å². The van der Waals surface area contributed by atoms with E-state index in [9.17, 15) is 13.2 Å². The van der Waals surface area contributed by atoms with E-state index in [-0.39, 0.29) is 11.2 Å². The Bertz CT molecular complexity index is 528. The molecule has 0 spiro atoms. The van der Waals surface area contributed by atoms with Crippen molar-refractivity contribution in [3.05, 3.63) is 35.8 Å². The van der Waals surface area contributed by atoms with E-state index in [1.165, 1.54) is 6.07 Å². The zero-order valence-electron chi connectivity index (χ0n) is 8.05. The van der Waals surface area contributed by atoms with Crippen LogP contribution in [0.2, 0.25) is 0 Å². The van der Waals surface area contributed by atoms with Gasteiger partial charge in [0.05, 0.1) is 5.69 Å². The Balaban J connectivity index is 2.79. The predicted octanol–water partition coefficient (Wildman–Crippen LogP) is 2.60. The summed E-state index contributed by atoms with van der Waals surface area (Å²) in [7, 11) is 0. The van der Waals surface area contributed by atoms with Crippen molar-refractivity contribution >= 4 is 16.6 Å². The molecule has 0 aliphatic rings. The summed E-state index contributed by atoms with van der Waals surface area (Å²) in [5, 5.41) is 0.368. The van der Waals surface area contributed by atoms with E-state index in [4.69, 9.17) is 5.84 Å². The average molecular weight is 227 g/mol. The number of para-hydroxylation sites is 1. The summed E-state index contributed by atoms with van der Waals surface area (Å²) in [6, 6.07) is 5.27. The number of alkyl halides is 2. The first-order chi connectivity index (χ1) is 7.63. The van der Waals surface area contributed by atoms with Crippen molar-refractivity contribution < 1.29 is 13.2 Å². The van der Waals surface area contributed by atoms with Gasteiger partial charge in [-0.1, -0.05) is 12.1 Å². The van der Waals surface area contributed by atoms with Gasteiger partial charge in [-0.25, -0.2) is 18.2 Å². The molecule has 0 bridgehead atoms. The number of aromatic nitrogens is 1. The number of hydrogen-bond donors (Lipinski definition) is 2. The van der Waals surface area contributed by atoms with Crippen LogP contribution >= 0.6 is 0 Å². The fourth-order valence-corrected chi connectivity index (χ4v) is 1.46. The van der Waals surface area contributed by atoms with Crippen LogP contribution in [0.5, 0.6) is 0 Å². The molecule has 2 rings (SSSR count). The van der Waals surface area contributed by atoms with Gasteiger partial charge in [-0.3, -0.25) is 5.84 Å². The molecule has 84 valence electrons. The van der Waals surface area contributed by atoms with Crippen LogP contribution in [0.4, 0.5) is 18.9 Å². The van der Waals surface area contributed by atoms with Crippen LogP contribution in [-0.4, -0.2) is 4.98 Å². The number of nitrogens with two attached hydrogens (primary N) is 1. The molecule has 0 atom stereocenters. The van der Waals surface area contributed by atoms with Crippen molar-refractivity contribution in [2.24, 2.45) is 5.84 Å². The maximum Gasteiger partial charge on any atom is 0.280 e. The fourth-order valence-electron chi connectivity index (χ4n) is 1.46. The largest absolute Gasteiger partial charge is 0.323 e. The normalized spacial score (nSPS) is 11.1. The number of hydrogen-bond acceptors (Lipinski definition) is 3. The van der Waals surface area contributed by atoms with Crippen molar-refractivity contribution in [2.45, 2.75) is 6.43 Å². The number of nitrogens with zero attached hydrogens (tertiary/aromatic N) is 1. The van der Waals surface area contributed by atoms with Gasteiger partial charge in [-0.15, -0.1) is 0 Å². The van der Waals surface area contributed by atoms with Crippen LogP contribution in [0.15, 0.2) is 24.3 Å². The number of nitrogen functional groups attached to an aromatic ring is 1. The minimum absolute atomic E-state index is 0.117. The molecule has 0 unspecified atom stereocenters. The zero-order valence-corrected chi connectivity index (χ0v) is 8.05. The molecule has 3 nitrogen and oxygen atoms in total. The second-order valence-corrected chi connectivity index (χ2v) is 3.18. The van der Waals surface area contributed by atoms with E-state index >= 15 is 0 Å². The van der Waals surface area contributed by atoms with Gasteiger partial charge in [0.25, 0.3) is 6.43 Å². The molecule has 3 N–H and O–H groups in total. The molecule has 0 fully saturated rings. The predicted molar refractivity (Wildman–Crippen MR) is 54.5 cm³/mol. The molecule has 0 aliphatic heterocycles. The number of halogens is 3. The van der Waals surface area contributed by atoms with Gasteiger partial charge < -0.3 is 5.43 Å². The van der Waals surface area contributed by atoms with Gasteiger partial charge in [0.1, 0.15) is 17.0 Å². The lowest BCUT2D eigenvalue weighted by molar-refractivity contribution is 0.146. The number of benzene rings is 1.